The van der Waals surface area contributed by atoms with Crippen molar-refractivity contribution in [1.82, 2.24) is 25.3 Å². The van der Waals surface area contributed by atoms with E-state index in [1.54, 1.807) is 36.2 Å². The van der Waals surface area contributed by atoms with Crippen molar-refractivity contribution in [2.75, 3.05) is 0 Å². The second-order valence-electron chi connectivity index (χ2n) is 4.01. The van der Waals surface area contributed by atoms with Crippen LogP contribution in [0.5, 0.6) is 0 Å². The Balaban J connectivity index is 1.75. The Labute approximate surface area is 118 Å². The first-order valence-corrected chi connectivity index (χ1v) is 6.76. The van der Waals surface area contributed by atoms with Gasteiger partial charge in [0.1, 0.15) is 5.76 Å². The maximum absolute atomic E-state index is 12.1. The van der Waals surface area contributed by atoms with E-state index in [0.717, 1.165) is 0 Å². The standard InChI is InChI=1S/C12H11N5O2S/c1-8-10(11(18)14-7-9-3-2-5-19-9)15-16-17(8)12-13-4-6-20-12/h2-6H,7H2,1H3,(H,14,18). The van der Waals surface area contributed by atoms with Gasteiger partial charge in [-0.15, -0.1) is 16.4 Å². The van der Waals surface area contributed by atoms with Gasteiger partial charge in [-0.05, 0) is 19.1 Å². The molecule has 0 aliphatic carbocycles. The second kappa shape index (κ2) is 5.25. The number of hydrogen-bond donors (Lipinski definition) is 1. The quantitative estimate of drug-likeness (QED) is 0.787. The molecule has 0 unspecified atom stereocenters. The molecule has 0 radical (unpaired) electrons. The van der Waals surface area contributed by atoms with Gasteiger partial charge in [-0.1, -0.05) is 5.21 Å². The fourth-order valence-corrected chi connectivity index (χ4v) is 2.34. The maximum atomic E-state index is 12.1. The Hall–Kier alpha value is -2.48. The number of hydrogen-bond acceptors (Lipinski definition) is 6. The van der Waals surface area contributed by atoms with E-state index in [2.05, 4.69) is 20.6 Å². The molecule has 0 atom stereocenters. The van der Waals surface area contributed by atoms with Gasteiger partial charge in [-0.2, -0.15) is 4.68 Å². The van der Waals surface area contributed by atoms with Crippen LogP contribution >= 0.6 is 11.3 Å². The lowest BCUT2D eigenvalue weighted by molar-refractivity contribution is 0.0942. The fraction of sp³-hybridized carbons (Fsp3) is 0.167. The molecule has 8 heteroatoms. The molecule has 0 aliphatic heterocycles. The van der Waals surface area contributed by atoms with Crippen molar-refractivity contribution in [3.05, 3.63) is 47.1 Å². The van der Waals surface area contributed by atoms with Crippen LogP contribution in [-0.4, -0.2) is 25.9 Å². The van der Waals surface area contributed by atoms with Gasteiger partial charge in [0.25, 0.3) is 5.91 Å². The molecule has 7 nitrogen and oxygen atoms in total. The number of thiazole rings is 1. The van der Waals surface area contributed by atoms with Crippen molar-refractivity contribution >= 4 is 17.2 Å². The summed E-state index contributed by atoms with van der Waals surface area (Å²) >= 11 is 1.43. The van der Waals surface area contributed by atoms with E-state index < -0.39 is 0 Å². The lowest BCUT2D eigenvalue weighted by atomic mass is 10.3. The van der Waals surface area contributed by atoms with Crippen molar-refractivity contribution < 1.29 is 9.21 Å². The van der Waals surface area contributed by atoms with E-state index in [-0.39, 0.29) is 11.6 Å². The topological polar surface area (TPSA) is 85.8 Å². The Bertz CT molecular complexity index is 702. The number of amides is 1. The van der Waals surface area contributed by atoms with Gasteiger partial charge in [-0.3, -0.25) is 4.79 Å². The average molecular weight is 289 g/mol. The van der Waals surface area contributed by atoms with Crippen molar-refractivity contribution in [1.29, 1.82) is 0 Å². The Morgan fingerprint density at radius 3 is 3.15 bits per heavy atom. The Morgan fingerprint density at radius 1 is 1.55 bits per heavy atom. The summed E-state index contributed by atoms with van der Waals surface area (Å²) in [6, 6.07) is 3.56. The molecular formula is C12H11N5O2S. The van der Waals surface area contributed by atoms with Crippen LogP contribution in [0.4, 0.5) is 0 Å². The monoisotopic (exact) mass is 289 g/mol. The number of aromatic nitrogens is 4. The number of nitrogens with one attached hydrogen (secondary N) is 1. The van der Waals surface area contributed by atoms with Gasteiger partial charge in [-0.25, -0.2) is 4.98 Å². The number of nitrogens with zero attached hydrogens (tertiary/aromatic N) is 4. The smallest absolute Gasteiger partial charge is 0.274 e. The summed E-state index contributed by atoms with van der Waals surface area (Å²) in [7, 11) is 0. The molecule has 1 amide bonds. The molecule has 3 aromatic heterocycles. The molecule has 0 bridgehead atoms. The van der Waals surface area contributed by atoms with Crippen LogP contribution in [0.25, 0.3) is 5.13 Å². The minimum Gasteiger partial charge on any atom is -0.467 e. The van der Waals surface area contributed by atoms with Gasteiger partial charge in [0.2, 0.25) is 5.13 Å². The first-order valence-electron chi connectivity index (χ1n) is 5.88. The predicted molar refractivity (Wildman–Crippen MR) is 71.6 cm³/mol. The SMILES string of the molecule is Cc1c(C(=O)NCc2ccco2)nnn1-c1nccs1. The van der Waals surface area contributed by atoms with E-state index in [0.29, 0.717) is 23.1 Å². The van der Waals surface area contributed by atoms with E-state index in [1.165, 1.54) is 11.3 Å². The highest BCUT2D eigenvalue weighted by molar-refractivity contribution is 7.12. The molecule has 0 fully saturated rings. The summed E-state index contributed by atoms with van der Waals surface area (Å²) in [5.74, 6) is 0.394. The van der Waals surface area contributed by atoms with Gasteiger partial charge in [0.05, 0.1) is 18.5 Å². The van der Waals surface area contributed by atoms with Crippen LogP contribution in [0.1, 0.15) is 21.9 Å². The first kappa shape index (κ1) is 12.5. The molecule has 0 aromatic carbocycles. The van der Waals surface area contributed by atoms with Crippen molar-refractivity contribution in [3.8, 4) is 5.13 Å². The minimum absolute atomic E-state index is 0.284. The number of carbonyl (C=O) groups excluding carboxylic acids is 1. The van der Waals surface area contributed by atoms with Crippen LogP contribution in [-0.2, 0) is 6.54 Å². The normalized spacial score (nSPS) is 10.7. The average Bonchev–Trinajstić information content (AvgIpc) is 3.17. The molecule has 102 valence electrons. The molecule has 0 spiro atoms. The molecule has 1 N–H and O–H groups in total. The molecule has 3 rings (SSSR count). The zero-order chi connectivity index (χ0) is 13.9. The highest BCUT2D eigenvalue weighted by atomic mass is 32.1. The van der Waals surface area contributed by atoms with Crippen molar-refractivity contribution in [3.63, 3.8) is 0 Å². The fourth-order valence-electron chi connectivity index (χ4n) is 1.71. The van der Waals surface area contributed by atoms with E-state index >= 15 is 0 Å². The second-order valence-corrected chi connectivity index (χ2v) is 4.88. The highest BCUT2D eigenvalue weighted by Crippen LogP contribution is 2.14. The number of furan rings is 1. The van der Waals surface area contributed by atoms with E-state index in [1.807, 2.05) is 5.38 Å². The first-order chi connectivity index (χ1) is 9.75. The molecule has 3 aromatic rings. The lowest BCUT2D eigenvalue weighted by Crippen LogP contribution is -2.23. The van der Waals surface area contributed by atoms with Gasteiger partial charge in [0.15, 0.2) is 5.69 Å². The summed E-state index contributed by atoms with van der Waals surface area (Å²) in [6.07, 6.45) is 3.24. The third kappa shape index (κ3) is 2.32. The van der Waals surface area contributed by atoms with Crippen LogP contribution in [0, 0.1) is 6.92 Å². The summed E-state index contributed by atoms with van der Waals surface area (Å²) < 4.78 is 6.70. The Morgan fingerprint density at radius 2 is 2.45 bits per heavy atom. The predicted octanol–water partition coefficient (Wildman–Crippen LogP) is 1.56. The van der Waals surface area contributed by atoms with Crippen LogP contribution in [0.2, 0.25) is 0 Å². The van der Waals surface area contributed by atoms with Crippen molar-refractivity contribution in [2.45, 2.75) is 13.5 Å². The van der Waals surface area contributed by atoms with Gasteiger partial charge >= 0.3 is 0 Å². The number of rotatable bonds is 4. The van der Waals surface area contributed by atoms with Gasteiger partial charge in [0, 0.05) is 11.6 Å². The molecular weight excluding hydrogens is 278 g/mol. The largest absolute Gasteiger partial charge is 0.467 e. The van der Waals surface area contributed by atoms with E-state index in [4.69, 9.17) is 4.42 Å². The summed E-state index contributed by atoms with van der Waals surface area (Å²) in [5.41, 5.74) is 0.934. The van der Waals surface area contributed by atoms with Crippen molar-refractivity contribution in [2.24, 2.45) is 0 Å². The highest BCUT2D eigenvalue weighted by Gasteiger charge is 2.18. The minimum atomic E-state index is -0.290. The summed E-state index contributed by atoms with van der Waals surface area (Å²) in [5, 5.41) is 13.1. The summed E-state index contributed by atoms with van der Waals surface area (Å²) in [4.78, 5) is 16.2. The zero-order valence-corrected chi connectivity index (χ0v) is 11.4. The Kier molecular flexibility index (Phi) is 3.30. The molecule has 3 heterocycles. The third-order valence-corrected chi connectivity index (χ3v) is 3.46. The molecule has 0 saturated heterocycles. The van der Waals surface area contributed by atoms with E-state index in [9.17, 15) is 4.79 Å². The van der Waals surface area contributed by atoms with Crippen LogP contribution in [0.3, 0.4) is 0 Å². The zero-order valence-electron chi connectivity index (χ0n) is 10.6. The molecule has 0 aliphatic rings. The van der Waals surface area contributed by atoms with Crippen LogP contribution in [0.15, 0.2) is 34.4 Å². The number of carbonyl (C=O) groups is 1. The maximum Gasteiger partial charge on any atom is 0.274 e. The lowest BCUT2D eigenvalue weighted by Gasteiger charge is -2.01. The van der Waals surface area contributed by atoms with Crippen LogP contribution < -0.4 is 5.32 Å². The summed E-state index contributed by atoms with van der Waals surface area (Å²) in [6.45, 7) is 2.10. The van der Waals surface area contributed by atoms with Gasteiger partial charge < -0.3 is 9.73 Å². The molecule has 20 heavy (non-hydrogen) atoms. The molecule has 0 saturated carbocycles. The third-order valence-electron chi connectivity index (χ3n) is 2.71.